The van der Waals surface area contributed by atoms with Gasteiger partial charge in [0.1, 0.15) is 5.82 Å². The standard InChI is InChI=1S/C30H31N5O7S/c31-41-42-43-25-8-6-24(7-9-25)35-28(38-13-11-22-5-3-19-2-1-12-32-30(19)33-22)17-23(34-35)14-21(16-29(36)37)20-4-10-26-27(15-20)40-18-39-26/h3-10,15,17,21H,1-2,11-14,16,18,31H2,(H,32,33)(H,36,37). The Kier molecular flexibility index (Phi) is 8.93. The predicted molar refractivity (Wildman–Crippen MR) is 157 cm³/mol. The Labute approximate surface area is 252 Å². The predicted octanol–water partition coefficient (Wildman–Crippen LogP) is 4.61. The number of carboxylic acids is 1. The van der Waals surface area contributed by atoms with E-state index in [2.05, 4.69) is 16.4 Å². The fourth-order valence-electron chi connectivity index (χ4n) is 5.21. The Morgan fingerprint density at radius 3 is 2.79 bits per heavy atom. The molecule has 4 N–H and O–H groups in total. The number of nitrogens with one attached hydrogen (secondary N) is 1. The van der Waals surface area contributed by atoms with Crippen LogP contribution in [0.2, 0.25) is 0 Å². The number of aryl methyl sites for hydroxylation is 1. The first-order chi connectivity index (χ1) is 21.1. The molecule has 2 aromatic heterocycles. The quantitative estimate of drug-likeness (QED) is 0.111. The second-order valence-electron chi connectivity index (χ2n) is 10.2. The lowest BCUT2D eigenvalue weighted by molar-refractivity contribution is -0.195. The summed E-state index contributed by atoms with van der Waals surface area (Å²) in [7, 11) is 0. The van der Waals surface area contributed by atoms with E-state index in [0.717, 1.165) is 59.1 Å². The maximum Gasteiger partial charge on any atom is 0.303 e. The van der Waals surface area contributed by atoms with Crippen molar-refractivity contribution in [1.82, 2.24) is 14.8 Å². The van der Waals surface area contributed by atoms with Crippen LogP contribution in [0.15, 0.2) is 65.6 Å². The maximum absolute atomic E-state index is 11.8. The fraction of sp³-hybridized carbons (Fsp3) is 0.300. The van der Waals surface area contributed by atoms with Gasteiger partial charge in [-0.15, -0.1) is 9.32 Å². The highest BCUT2D eigenvalue weighted by molar-refractivity contribution is 7.94. The largest absolute Gasteiger partial charge is 0.481 e. The zero-order chi connectivity index (χ0) is 29.6. The summed E-state index contributed by atoms with van der Waals surface area (Å²) >= 11 is 0.980. The van der Waals surface area contributed by atoms with Crippen molar-refractivity contribution in [3.8, 4) is 23.1 Å². The second-order valence-corrected chi connectivity index (χ2v) is 11.0. The maximum atomic E-state index is 11.8. The molecule has 0 saturated carbocycles. The summed E-state index contributed by atoms with van der Waals surface area (Å²) in [5, 5.41) is 17.9. The number of hydrogen-bond acceptors (Lipinski definition) is 11. The van der Waals surface area contributed by atoms with E-state index in [1.165, 1.54) is 5.56 Å². The van der Waals surface area contributed by atoms with Gasteiger partial charge in [-0.1, -0.05) is 12.1 Å². The molecule has 2 aliphatic rings. The van der Waals surface area contributed by atoms with Crippen LogP contribution >= 0.6 is 12.0 Å². The molecule has 1 unspecified atom stereocenters. The molecular formula is C30H31N5O7S. The van der Waals surface area contributed by atoms with Gasteiger partial charge in [0.15, 0.2) is 11.5 Å². The number of ether oxygens (including phenoxy) is 3. The summed E-state index contributed by atoms with van der Waals surface area (Å²) in [4.78, 5) is 21.6. The lowest BCUT2D eigenvalue weighted by Crippen LogP contribution is -2.14. The molecule has 0 spiro atoms. The highest BCUT2D eigenvalue weighted by atomic mass is 32.2. The number of pyridine rings is 1. The van der Waals surface area contributed by atoms with Crippen LogP contribution in [0, 0.1) is 0 Å². The summed E-state index contributed by atoms with van der Waals surface area (Å²) in [6.07, 6.45) is 3.06. The van der Waals surface area contributed by atoms with Gasteiger partial charge in [0.2, 0.25) is 12.7 Å². The van der Waals surface area contributed by atoms with Gasteiger partial charge in [0.25, 0.3) is 0 Å². The van der Waals surface area contributed by atoms with Crippen molar-refractivity contribution in [3.63, 3.8) is 0 Å². The summed E-state index contributed by atoms with van der Waals surface area (Å²) in [6.45, 7) is 1.46. The third-order valence-electron chi connectivity index (χ3n) is 7.28. The average Bonchev–Trinajstić information content (AvgIpc) is 3.66. The number of aliphatic carboxylic acids is 1. The second kappa shape index (κ2) is 13.3. The van der Waals surface area contributed by atoms with E-state index < -0.39 is 5.97 Å². The number of nitrogens with zero attached hydrogens (tertiary/aromatic N) is 3. The van der Waals surface area contributed by atoms with Crippen LogP contribution < -0.4 is 25.4 Å². The van der Waals surface area contributed by atoms with E-state index in [-0.39, 0.29) is 19.1 Å². The van der Waals surface area contributed by atoms with E-state index in [1.54, 1.807) is 4.68 Å². The minimum atomic E-state index is -0.901. The van der Waals surface area contributed by atoms with Gasteiger partial charge in [0, 0.05) is 35.5 Å². The van der Waals surface area contributed by atoms with Crippen LogP contribution in [0.25, 0.3) is 5.69 Å². The molecule has 43 heavy (non-hydrogen) atoms. The van der Waals surface area contributed by atoms with Gasteiger partial charge in [-0.3, -0.25) is 4.79 Å². The lowest BCUT2D eigenvalue weighted by atomic mass is 9.91. The number of benzene rings is 2. The minimum absolute atomic E-state index is 0.0735. The summed E-state index contributed by atoms with van der Waals surface area (Å²) in [6, 6.07) is 19.0. The van der Waals surface area contributed by atoms with Gasteiger partial charge < -0.3 is 24.6 Å². The third kappa shape index (κ3) is 7.03. The van der Waals surface area contributed by atoms with Crippen molar-refractivity contribution in [2.45, 2.75) is 42.9 Å². The van der Waals surface area contributed by atoms with Crippen LogP contribution in [0.3, 0.4) is 0 Å². The number of carboxylic acid groups (broad SMARTS) is 1. The molecule has 4 aromatic rings. The first-order valence-electron chi connectivity index (χ1n) is 13.9. The Morgan fingerprint density at radius 2 is 1.95 bits per heavy atom. The summed E-state index contributed by atoms with van der Waals surface area (Å²) in [5.74, 6) is 6.44. The molecule has 2 aliphatic heterocycles. The first-order valence-corrected chi connectivity index (χ1v) is 14.7. The number of anilines is 1. The van der Waals surface area contributed by atoms with Gasteiger partial charge in [-0.25, -0.2) is 9.67 Å². The van der Waals surface area contributed by atoms with Gasteiger partial charge >= 0.3 is 5.97 Å². The molecule has 0 fully saturated rings. The SMILES string of the molecule is NOOSc1ccc(-n2nc(CC(CC(=O)O)c3ccc4c(c3)OCO4)cc2OCCc2ccc3c(n2)NCCC3)cc1. The van der Waals surface area contributed by atoms with E-state index in [1.807, 2.05) is 54.6 Å². The minimum Gasteiger partial charge on any atom is -0.481 e. The molecule has 0 radical (unpaired) electrons. The Morgan fingerprint density at radius 1 is 1.09 bits per heavy atom. The van der Waals surface area contributed by atoms with E-state index in [9.17, 15) is 9.90 Å². The van der Waals surface area contributed by atoms with E-state index in [0.29, 0.717) is 42.5 Å². The first kappa shape index (κ1) is 28.8. The Bertz CT molecular complexity index is 1580. The van der Waals surface area contributed by atoms with Gasteiger partial charge in [-0.2, -0.15) is 11.0 Å². The van der Waals surface area contributed by atoms with Crippen molar-refractivity contribution in [2.24, 2.45) is 5.90 Å². The molecule has 4 heterocycles. The average molecular weight is 606 g/mol. The van der Waals surface area contributed by atoms with Crippen LogP contribution in [-0.2, 0) is 33.4 Å². The van der Waals surface area contributed by atoms with Crippen LogP contribution in [-0.4, -0.2) is 45.8 Å². The van der Waals surface area contributed by atoms with Gasteiger partial charge in [0.05, 0.1) is 36.5 Å². The molecule has 0 aliphatic carbocycles. The molecule has 12 nitrogen and oxygen atoms in total. The van der Waals surface area contributed by atoms with Crippen molar-refractivity contribution < 1.29 is 33.4 Å². The molecule has 1 atom stereocenters. The summed E-state index contributed by atoms with van der Waals surface area (Å²) < 4.78 is 23.7. The fourth-order valence-corrected chi connectivity index (χ4v) is 5.57. The Balaban J connectivity index is 1.24. The van der Waals surface area contributed by atoms with Crippen LogP contribution in [0.1, 0.15) is 41.3 Å². The van der Waals surface area contributed by atoms with Gasteiger partial charge in [-0.05, 0) is 72.9 Å². The number of hydrogen-bond donors (Lipinski definition) is 3. The molecule has 0 saturated heterocycles. The van der Waals surface area contributed by atoms with Crippen molar-refractivity contribution in [1.29, 1.82) is 0 Å². The molecule has 6 rings (SSSR count). The van der Waals surface area contributed by atoms with E-state index >= 15 is 0 Å². The number of nitrogens with two attached hydrogens (primary N) is 1. The van der Waals surface area contributed by atoms with Crippen LogP contribution in [0.5, 0.6) is 17.4 Å². The number of fused-ring (bicyclic) bond motifs is 2. The van der Waals surface area contributed by atoms with E-state index in [4.69, 9.17) is 34.5 Å². The number of carbonyl (C=O) groups is 1. The zero-order valence-corrected chi connectivity index (χ0v) is 24.0. The highest BCUT2D eigenvalue weighted by Gasteiger charge is 2.23. The number of aromatic nitrogens is 3. The van der Waals surface area contributed by atoms with Crippen molar-refractivity contribution in [3.05, 3.63) is 83.2 Å². The molecule has 224 valence electrons. The third-order valence-corrected chi connectivity index (χ3v) is 7.89. The topological polar surface area (TPSA) is 152 Å². The highest BCUT2D eigenvalue weighted by Crippen LogP contribution is 2.37. The lowest BCUT2D eigenvalue weighted by Gasteiger charge is -2.17. The molecule has 13 heteroatoms. The Hall–Kier alpha value is -4.30. The van der Waals surface area contributed by atoms with Crippen molar-refractivity contribution in [2.75, 3.05) is 25.3 Å². The van der Waals surface area contributed by atoms with Crippen molar-refractivity contribution >= 4 is 23.8 Å². The smallest absolute Gasteiger partial charge is 0.303 e. The normalized spacial score (nSPS) is 14.2. The summed E-state index contributed by atoms with van der Waals surface area (Å²) in [5.41, 5.74) is 4.45. The molecule has 0 bridgehead atoms. The number of rotatable bonds is 13. The molecular weight excluding hydrogens is 574 g/mol. The molecule has 0 amide bonds. The zero-order valence-electron chi connectivity index (χ0n) is 23.2. The van der Waals surface area contributed by atoms with Crippen LogP contribution in [0.4, 0.5) is 5.82 Å². The monoisotopic (exact) mass is 605 g/mol. The molecule has 2 aromatic carbocycles.